The molecular weight excluding hydrogens is 220 g/mol. The van der Waals surface area contributed by atoms with Crippen LogP contribution in [0.3, 0.4) is 0 Å². The molecule has 0 radical (unpaired) electrons. The van der Waals surface area contributed by atoms with Gasteiger partial charge in [0.25, 0.3) is 0 Å². The number of halogens is 1. The third kappa shape index (κ3) is 3.87. The van der Waals surface area contributed by atoms with Gasteiger partial charge in [0, 0.05) is 11.9 Å². The van der Waals surface area contributed by atoms with Crippen molar-refractivity contribution in [2.24, 2.45) is 0 Å². The number of hydrogen-bond acceptors (Lipinski definition) is 2. The number of alkyl halides is 1. The van der Waals surface area contributed by atoms with Gasteiger partial charge in [0.2, 0.25) is 0 Å². The summed E-state index contributed by atoms with van der Waals surface area (Å²) in [4.78, 5) is 0. The summed E-state index contributed by atoms with van der Waals surface area (Å²) in [5.41, 5.74) is 0. The molecule has 0 amide bonds. The van der Waals surface area contributed by atoms with Crippen LogP contribution in [0, 0.1) is 0 Å². The molecular formula is C9H17BrO2. The third-order valence-corrected chi connectivity index (χ3v) is 2.50. The van der Waals surface area contributed by atoms with Gasteiger partial charge in [-0.3, -0.25) is 0 Å². The van der Waals surface area contributed by atoms with Gasteiger partial charge in [0.1, 0.15) is 0 Å². The maximum atomic E-state index is 5.68. The van der Waals surface area contributed by atoms with Crippen molar-refractivity contribution in [2.75, 3.05) is 11.9 Å². The van der Waals surface area contributed by atoms with E-state index in [1.807, 2.05) is 0 Å². The Balaban J connectivity index is 2.11. The van der Waals surface area contributed by atoms with Crippen molar-refractivity contribution in [1.82, 2.24) is 0 Å². The van der Waals surface area contributed by atoms with Crippen molar-refractivity contribution < 1.29 is 9.47 Å². The summed E-state index contributed by atoms with van der Waals surface area (Å²) >= 11 is 3.39. The van der Waals surface area contributed by atoms with E-state index in [1.165, 1.54) is 12.8 Å². The zero-order chi connectivity index (χ0) is 8.81. The fourth-order valence-corrected chi connectivity index (χ4v) is 1.94. The average Bonchev–Trinajstić information content (AvgIpc) is 2.06. The summed E-state index contributed by atoms with van der Waals surface area (Å²) in [6.07, 6.45) is 4.92. The van der Waals surface area contributed by atoms with E-state index in [1.54, 1.807) is 0 Å². The molecule has 1 aliphatic heterocycles. The summed E-state index contributed by atoms with van der Waals surface area (Å²) in [6.45, 7) is 2.96. The first kappa shape index (κ1) is 10.5. The third-order valence-electron chi connectivity index (χ3n) is 2.04. The first-order valence-corrected chi connectivity index (χ1v) is 5.78. The Bertz CT molecular complexity index is 113. The van der Waals surface area contributed by atoms with E-state index in [2.05, 4.69) is 22.9 Å². The van der Waals surface area contributed by atoms with Crippen LogP contribution in [0.5, 0.6) is 0 Å². The Morgan fingerprint density at radius 1 is 1.58 bits per heavy atom. The van der Waals surface area contributed by atoms with Crippen molar-refractivity contribution in [2.45, 2.75) is 45.0 Å². The van der Waals surface area contributed by atoms with Crippen LogP contribution in [-0.4, -0.2) is 24.3 Å². The predicted octanol–water partition coefficient (Wildman–Crippen LogP) is 2.70. The topological polar surface area (TPSA) is 18.5 Å². The minimum atomic E-state index is 0.0628. The number of rotatable bonds is 4. The lowest BCUT2D eigenvalue weighted by molar-refractivity contribution is -0.184. The second kappa shape index (κ2) is 5.95. The maximum Gasteiger partial charge on any atom is 0.157 e. The SMILES string of the molecule is CC(CCBr)O[C@@H]1CCCCO1. The van der Waals surface area contributed by atoms with Crippen LogP contribution >= 0.6 is 15.9 Å². The second-order valence-electron chi connectivity index (χ2n) is 3.22. The molecule has 0 aromatic rings. The van der Waals surface area contributed by atoms with E-state index < -0.39 is 0 Å². The van der Waals surface area contributed by atoms with Gasteiger partial charge in [-0.15, -0.1) is 0 Å². The van der Waals surface area contributed by atoms with Crippen LogP contribution in [0.4, 0.5) is 0 Å². The Kier molecular flexibility index (Phi) is 5.19. The molecule has 1 aliphatic rings. The smallest absolute Gasteiger partial charge is 0.157 e. The van der Waals surface area contributed by atoms with E-state index in [-0.39, 0.29) is 6.29 Å². The molecule has 1 rings (SSSR count). The average molecular weight is 237 g/mol. The Hall–Kier alpha value is 0.400. The van der Waals surface area contributed by atoms with E-state index in [0.29, 0.717) is 6.10 Å². The second-order valence-corrected chi connectivity index (χ2v) is 4.01. The molecule has 1 saturated heterocycles. The van der Waals surface area contributed by atoms with Gasteiger partial charge < -0.3 is 9.47 Å². The molecule has 0 spiro atoms. The molecule has 1 heterocycles. The molecule has 0 aromatic heterocycles. The Morgan fingerprint density at radius 3 is 3.00 bits per heavy atom. The summed E-state index contributed by atoms with van der Waals surface area (Å²) in [5, 5.41) is 1.00. The molecule has 0 aliphatic carbocycles. The monoisotopic (exact) mass is 236 g/mol. The van der Waals surface area contributed by atoms with E-state index >= 15 is 0 Å². The normalized spacial score (nSPS) is 27.0. The summed E-state index contributed by atoms with van der Waals surface area (Å²) in [5.74, 6) is 0. The van der Waals surface area contributed by atoms with Gasteiger partial charge in [0.15, 0.2) is 6.29 Å². The molecule has 72 valence electrons. The molecule has 1 fully saturated rings. The van der Waals surface area contributed by atoms with Gasteiger partial charge in [-0.25, -0.2) is 0 Å². The van der Waals surface area contributed by atoms with Crippen LogP contribution in [0.15, 0.2) is 0 Å². The Labute approximate surface area is 82.7 Å². The number of ether oxygens (including phenoxy) is 2. The van der Waals surface area contributed by atoms with Crippen LogP contribution in [0.1, 0.15) is 32.6 Å². The van der Waals surface area contributed by atoms with Crippen LogP contribution in [0.25, 0.3) is 0 Å². The van der Waals surface area contributed by atoms with Gasteiger partial charge in [-0.05, 0) is 32.6 Å². The largest absolute Gasteiger partial charge is 0.353 e. The summed E-state index contributed by atoms with van der Waals surface area (Å²) in [6, 6.07) is 0. The molecule has 12 heavy (non-hydrogen) atoms. The molecule has 1 unspecified atom stereocenters. The lowest BCUT2D eigenvalue weighted by Gasteiger charge is -2.25. The van der Waals surface area contributed by atoms with Crippen LogP contribution in [0.2, 0.25) is 0 Å². The molecule has 3 heteroatoms. The molecule has 0 aromatic carbocycles. The Morgan fingerprint density at radius 2 is 2.42 bits per heavy atom. The van der Waals surface area contributed by atoms with Crippen molar-refractivity contribution in [3.63, 3.8) is 0 Å². The molecule has 0 saturated carbocycles. The highest BCUT2D eigenvalue weighted by Crippen LogP contribution is 2.16. The fourth-order valence-electron chi connectivity index (χ4n) is 1.30. The highest BCUT2D eigenvalue weighted by molar-refractivity contribution is 9.09. The lowest BCUT2D eigenvalue weighted by atomic mass is 10.2. The quantitative estimate of drug-likeness (QED) is 0.700. The molecule has 0 bridgehead atoms. The van der Waals surface area contributed by atoms with E-state index in [0.717, 1.165) is 24.8 Å². The van der Waals surface area contributed by atoms with Gasteiger partial charge in [0.05, 0.1) is 6.10 Å². The number of hydrogen-bond donors (Lipinski definition) is 0. The minimum absolute atomic E-state index is 0.0628. The standard InChI is InChI=1S/C9H17BrO2/c1-8(5-6-10)12-9-4-2-3-7-11-9/h8-9H,2-7H2,1H3/t8?,9-/m1/s1. The van der Waals surface area contributed by atoms with Gasteiger partial charge in [-0.2, -0.15) is 0 Å². The lowest BCUT2D eigenvalue weighted by Crippen LogP contribution is -2.26. The van der Waals surface area contributed by atoms with Gasteiger partial charge in [-0.1, -0.05) is 15.9 Å². The van der Waals surface area contributed by atoms with Crippen molar-refractivity contribution in [3.05, 3.63) is 0 Å². The molecule has 0 N–H and O–H groups in total. The van der Waals surface area contributed by atoms with Crippen molar-refractivity contribution >= 4 is 15.9 Å². The zero-order valence-corrected chi connectivity index (χ0v) is 9.18. The van der Waals surface area contributed by atoms with Crippen molar-refractivity contribution in [1.29, 1.82) is 0 Å². The van der Waals surface area contributed by atoms with Crippen LogP contribution in [-0.2, 0) is 9.47 Å². The first-order chi connectivity index (χ1) is 5.83. The molecule has 2 nitrogen and oxygen atoms in total. The van der Waals surface area contributed by atoms with E-state index in [4.69, 9.17) is 9.47 Å². The van der Waals surface area contributed by atoms with Gasteiger partial charge >= 0.3 is 0 Å². The predicted molar refractivity (Wildman–Crippen MR) is 52.5 cm³/mol. The maximum absolute atomic E-state index is 5.68. The highest BCUT2D eigenvalue weighted by Gasteiger charge is 2.16. The van der Waals surface area contributed by atoms with Crippen LogP contribution < -0.4 is 0 Å². The summed E-state index contributed by atoms with van der Waals surface area (Å²) < 4.78 is 11.1. The first-order valence-electron chi connectivity index (χ1n) is 4.66. The zero-order valence-electron chi connectivity index (χ0n) is 7.59. The minimum Gasteiger partial charge on any atom is -0.353 e. The summed E-state index contributed by atoms with van der Waals surface area (Å²) in [7, 11) is 0. The van der Waals surface area contributed by atoms with Crippen molar-refractivity contribution in [3.8, 4) is 0 Å². The molecule has 2 atom stereocenters. The highest BCUT2D eigenvalue weighted by atomic mass is 79.9. The van der Waals surface area contributed by atoms with E-state index in [9.17, 15) is 0 Å². The fraction of sp³-hybridized carbons (Fsp3) is 1.00.